The van der Waals surface area contributed by atoms with Gasteiger partial charge in [-0.05, 0) is 64.5 Å². The maximum Gasteiger partial charge on any atom is 0.0767 e. The molecule has 0 aliphatic heterocycles. The number of aromatic nitrogens is 2. The Bertz CT molecular complexity index is 587. The lowest BCUT2D eigenvalue weighted by molar-refractivity contribution is 0.238. The standard InChI is InChI=1S/C16H22BrN3S/c1-3-14-16(17)15(20(4-2)18-14)10-19(13-5-6-13)9-12-7-8-21-11-12/h7-8,11,13H,3-6,9-10H2,1-2H3. The van der Waals surface area contributed by atoms with Crippen molar-refractivity contribution >= 4 is 27.3 Å². The predicted octanol–water partition coefficient (Wildman–Crippen LogP) is 4.45. The average Bonchev–Trinajstić information content (AvgIpc) is 3.13. The van der Waals surface area contributed by atoms with E-state index in [9.17, 15) is 0 Å². The molecule has 0 bridgehead atoms. The quantitative estimate of drug-likeness (QED) is 0.720. The zero-order chi connectivity index (χ0) is 14.8. The van der Waals surface area contributed by atoms with Gasteiger partial charge in [-0.25, -0.2) is 0 Å². The summed E-state index contributed by atoms with van der Waals surface area (Å²) in [6.07, 6.45) is 3.65. The van der Waals surface area contributed by atoms with Crippen LogP contribution in [0.1, 0.15) is 43.6 Å². The molecule has 1 saturated carbocycles. The molecule has 0 spiro atoms. The summed E-state index contributed by atoms with van der Waals surface area (Å²) in [5, 5.41) is 9.15. The number of halogens is 1. The molecule has 0 atom stereocenters. The molecule has 0 N–H and O–H groups in total. The number of hydrogen-bond donors (Lipinski definition) is 0. The molecular formula is C16H22BrN3S. The first-order valence-electron chi connectivity index (χ1n) is 7.72. The molecule has 0 aromatic carbocycles. The monoisotopic (exact) mass is 367 g/mol. The summed E-state index contributed by atoms with van der Waals surface area (Å²) in [4.78, 5) is 2.61. The largest absolute Gasteiger partial charge is 0.290 e. The summed E-state index contributed by atoms with van der Waals surface area (Å²) < 4.78 is 3.37. The summed E-state index contributed by atoms with van der Waals surface area (Å²) in [6, 6.07) is 2.99. The Labute approximate surface area is 139 Å². The second-order valence-corrected chi connectivity index (χ2v) is 7.22. The molecule has 114 valence electrons. The smallest absolute Gasteiger partial charge is 0.0767 e. The van der Waals surface area contributed by atoms with Crippen LogP contribution in [0.4, 0.5) is 0 Å². The van der Waals surface area contributed by atoms with E-state index in [1.54, 1.807) is 11.3 Å². The van der Waals surface area contributed by atoms with Crippen LogP contribution in [-0.2, 0) is 26.1 Å². The highest BCUT2D eigenvalue weighted by molar-refractivity contribution is 9.10. The van der Waals surface area contributed by atoms with Crippen molar-refractivity contribution < 1.29 is 0 Å². The van der Waals surface area contributed by atoms with Gasteiger partial charge in [0, 0.05) is 25.7 Å². The van der Waals surface area contributed by atoms with Gasteiger partial charge in [0.15, 0.2) is 0 Å². The second kappa shape index (κ2) is 6.63. The van der Waals surface area contributed by atoms with Crippen LogP contribution in [0.15, 0.2) is 21.3 Å². The molecule has 0 amide bonds. The first-order valence-corrected chi connectivity index (χ1v) is 9.45. The van der Waals surface area contributed by atoms with Crippen LogP contribution in [0, 0.1) is 0 Å². The highest BCUT2D eigenvalue weighted by atomic mass is 79.9. The van der Waals surface area contributed by atoms with Gasteiger partial charge in [-0.1, -0.05) is 6.92 Å². The van der Waals surface area contributed by atoms with Crippen molar-refractivity contribution in [3.63, 3.8) is 0 Å². The number of nitrogens with zero attached hydrogens (tertiary/aromatic N) is 3. The zero-order valence-electron chi connectivity index (χ0n) is 12.7. The zero-order valence-corrected chi connectivity index (χ0v) is 15.1. The van der Waals surface area contributed by atoms with Crippen LogP contribution >= 0.6 is 27.3 Å². The van der Waals surface area contributed by atoms with Crippen LogP contribution in [0.3, 0.4) is 0 Å². The van der Waals surface area contributed by atoms with Gasteiger partial charge in [0.05, 0.1) is 15.9 Å². The lowest BCUT2D eigenvalue weighted by atomic mass is 10.2. The molecule has 21 heavy (non-hydrogen) atoms. The molecule has 3 nitrogen and oxygen atoms in total. The molecule has 1 aliphatic carbocycles. The van der Waals surface area contributed by atoms with Crippen molar-refractivity contribution in [2.75, 3.05) is 0 Å². The third-order valence-electron chi connectivity index (χ3n) is 4.08. The molecule has 0 radical (unpaired) electrons. The molecule has 0 unspecified atom stereocenters. The van der Waals surface area contributed by atoms with E-state index in [-0.39, 0.29) is 0 Å². The van der Waals surface area contributed by atoms with Crippen molar-refractivity contribution in [1.82, 2.24) is 14.7 Å². The van der Waals surface area contributed by atoms with Crippen molar-refractivity contribution in [3.8, 4) is 0 Å². The molecule has 2 aromatic heterocycles. The second-order valence-electron chi connectivity index (χ2n) is 5.64. The molecular weight excluding hydrogens is 346 g/mol. The number of aryl methyl sites for hydroxylation is 2. The van der Waals surface area contributed by atoms with E-state index in [4.69, 9.17) is 5.10 Å². The summed E-state index contributed by atoms with van der Waals surface area (Å²) in [6.45, 7) is 7.31. The van der Waals surface area contributed by atoms with Crippen LogP contribution in [-0.4, -0.2) is 20.7 Å². The Hall–Kier alpha value is -0.650. The van der Waals surface area contributed by atoms with Gasteiger partial charge in [0.1, 0.15) is 0 Å². The topological polar surface area (TPSA) is 21.1 Å². The Morgan fingerprint density at radius 3 is 2.76 bits per heavy atom. The highest BCUT2D eigenvalue weighted by Gasteiger charge is 2.30. The van der Waals surface area contributed by atoms with E-state index >= 15 is 0 Å². The maximum absolute atomic E-state index is 4.72. The minimum Gasteiger partial charge on any atom is -0.290 e. The fraction of sp³-hybridized carbons (Fsp3) is 0.562. The molecule has 2 aromatic rings. The Morgan fingerprint density at radius 2 is 2.19 bits per heavy atom. The molecule has 1 aliphatic rings. The lowest BCUT2D eigenvalue weighted by Crippen LogP contribution is -2.26. The van der Waals surface area contributed by atoms with Crippen molar-refractivity contribution in [2.45, 2.75) is 58.8 Å². The maximum atomic E-state index is 4.72. The van der Waals surface area contributed by atoms with E-state index in [0.717, 1.165) is 32.1 Å². The Balaban J connectivity index is 1.81. The van der Waals surface area contributed by atoms with Crippen LogP contribution in [0.25, 0.3) is 0 Å². The molecule has 3 rings (SSSR count). The highest BCUT2D eigenvalue weighted by Crippen LogP contribution is 2.32. The first kappa shape index (κ1) is 15.3. The van der Waals surface area contributed by atoms with Gasteiger partial charge in [0.2, 0.25) is 0 Å². The normalized spacial score (nSPS) is 15.0. The van der Waals surface area contributed by atoms with Gasteiger partial charge in [-0.15, -0.1) is 0 Å². The SMILES string of the molecule is CCc1nn(CC)c(CN(Cc2ccsc2)C2CC2)c1Br. The first-order chi connectivity index (χ1) is 10.2. The third-order valence-corrected chi connectivity index (χ3v) is 5.72. The van der Waals surface area contributed by atoms with E-state index < -0.39 is 0 Å². The fourth-order valence-corrected chi connectivity index (χ4v) is 4.08. The van der Waals surface area contributed by atoms with Crippen LogP contribution in [0.5, 0.6) is 0 Å². The van der Waals surface area contributed by atoms with Gasteiger partial charge in [-0.3, -0.25) is 9.58 Å². The van der Waals surface area contributed by atoms with Crippen LogP contribution in [0.2, 0.25) is 0 Å². The minimum atomic E-state index is 0.752. The Kier molecular flexibility index (Phi) is 4.82. The average molecular weight is 368 g/mol. The predicted molar refractivity (Wildman–Crippen MR) is 91.6 cm³/mol. The van der Waals surface area contributed by atoms with E-state index in [0.29, 0.717) is 0 Å². The number of hydrogen-bond acceptors (Lipinski definition) is 3. The van der Waals surface area contributed by atoms with Crippen molar-refractivity contribution in [3.05, 3.63) is 38.3 Å². The van der Waals surface area contributed by atoms with E-state index in [1.807, 2.05) is 0 Å². The van der Waals surface area contributed by atoms with Crippen molar-refractivity contribution in [2.24, 2.45) is 0 Å². The molecule has 1 fully saturated rings. The summed E-state index contributed by atoms with van der Waals surface area (Å²) in [5.74, 6) is 0. The summed E-state index contributed by atoms with van der Waals surface area (Å²) in [7, 11) is 0. The van der Waals surface area contributed by atoms with Crippen molar-refractivity contribution in [1.29, 1.82) is 0 Å². The van der Waals surface area contributed by atoms with E-state index in [1.165, 1.54) is 34.3 Å². The van der Waals surface area contributed by atoms with Gasteiger partial charge >= 0.3 is 0 Å². The third kappa shape index (κ3) is 3.41. The van der Waals surface area contributed by atoms with Crippen LogP contribution < -0.4 is 0 Å². The van der Waals surface area contributed by atoms with Gasteiger partial charge in [0.25, 0.3) is 0 Å². The lowest BCUT2D eigenvalue weighted by Gasteiger charge is -2.22. The minimum absolute atomic E-state index is 0.752. The molecule has 0 saturated heterocycles. The Morgan fingerprint density at radius 1 is 1.38 bits per heavy atom. The number of thiophene rings is 1. The summed E-state index contributed by atoms with van der Waals surface area (Å²) in [5.41, 5.74) is 3.94. The molecule has 5 heteroatoms. The van der Waals surface area contributed by atoms with Gasteiger partial charge in [-0.2, -0.15) is 16.4 Å². The number of rotatable bonds is 7. The van der Waals surface area contributed by atoms with Gasteiger partial charge < -0.3 is 0 Å². The molecule has 2 heterocycles. The van der Waals surface area contributed by atoms with E-state index in [2.05, 4.69) is 56.2 Å². The fourth-order valence-electron chi connectivity index (χ4n) is 2.73. The summed E-state index contributed by atoms with van der Waals surface area (Å²) >= 11 is 5.56.